The van der Waals surface area contributed by atoms with Crippen molar-refractivity contribution in [3.63, 3.8) is 0 Å². The summed E-state index contributed by atoms with van der Waals surface area (Å²) in [6.07, 6.45) is 3.60. The lowest BCUT2D eigenvalue weighted by molar-refractivity contribution is 0.122. The predicted molar refractivity (Wildman–Crippen MR) is 111 cm³/mol. The van der Waals surface area contributed by atoms with E-state index in [-0.39, 0.29) is 17.0 Å². The summed E-state index contributed by atoms with van der Waals surface area (Å²) in [5, 5.41) is 5.44. The third-order valence-corrected chi connectivity index (χ3v) is 6.47. The van der Waals surface area contributed by atoms with Crippen LogP contribution in [0.2, 0.25) is 5.02 Å². The highest BCUT2D eigenvalue weighted by Crippen LogP contribution is 2.42. The summed E-state index contributed by atoms with van der Waals surface area (Å²) in [6.45, 7) is 3.59. The molecule has 1 aliphatic carbocycles. The number of nitrogens with zero attached hydrogens (tertiary/aromatic N) is 3. The third kappa shape index (κ3) is 3.81. The first kappa shape index (κ1) is 19.4. The highest BCUT2D eigenvalue weighted by Gasteiger charge is 2.37. The molecule has 150 valence electrons. The minimum atomic E-state index is -0.0766. The number of benzene rings is 1. The number of ether oxygens (including phenoxy) is 1. The fourth-order valence-electron chi connectivity index (χ4n) is 4.47. The van der Waals surface area contributed by atoms with Crippen LogP contribution < -0.4 is 16.2 Å². The number of aromatic nitrogens is 2. The molecule has 1 aromatic heterocycles. The van der Waals surface area contributed by atoms with Gasteiger partial charge in [0.05, 0.1) is 19.3 Å². The lowest BCUT2D eigenvalue weighted by Crippen LogP contribution is -2.42. The van der Waals surface area contributed by atoms with E-state index in [1.54, 1.807) is 10.7 Å². The van der Waals surface area contributed by atoms with Crippen LogP contribution in [0.15, 0.2) is 41.2 Å². The largest absolute Gasteiger partial charge is 0.378 e. The average Bonchev–Trinajstić information content (AvgIpc) is 2.75. The fraction of sp³-hybridized carbons (Fsp3) is 0.524. The van der Waals surface area contributed by atoms with Gasteiger partial charge in [0.25, 0.3) is 5.56 Å². The second kappa shape index (κ2) is 8.23. The molecular formula is C21H27ClN4O2. The summed E-state index contributed by atoms with van der Waals surface area (Å²) >= 11 is 6.21. The molecule has 4 rings (SSSR count). The first-order valence-electron chi connectivity index (χ1n) is 10.00. The average molecular weight is 403 g/mol. The van der Waals surface area contributed by atoms with E-state index in [1.165, 1.54) is 5.56 Å². The highest BCUT2D eigenvalue weighted by molar-refractivity contribution is 6.30. The molecule has 1 aliphatic heterocycles. The number of halogens is 1. The first-order chi connectivity index (χ1) is 13.6. The van der Waals surface area contributed by atoms with E-state index in [1.807, 2.05) is 24.3 Å². The smallest absolute Gasteiger partial charge is 0.267 e. The molecule has 1 saturated heterocycles. The van der Waals surface area contributed by atoms with Crippen LogP contribution >= 0.6 is 11.6 Å². The molecule has 0 amide bonds. The van der Waals surface area contributed by atoms with Gasteiger partial charge in [-0.05, 0) is 49.4 Å². The van der Waals surface area contributed by atoms with E-state index in [4.69, 9.17) is 27.2 Å². The molecular weight excluding hydrogens is 376 g/mol. The van der Waals surface area contributed by atoms with Crippen LogP contribution in [-0.4, -0.2) is 42.6 Å². The molecule has 2 fully saturated rings. The van der Waals surface area contributed by atoms with Gasteiger partial charge in [0, 0.05) is 36.1 Å². The Morgan fingerprint density at radius 3 is 2.61 bits per heavy atom. The maximum atomic E-state index is 12.5. The van der Waals surface area contributed by atoms with Gasteiger partial charge in [-0.25, -0.2) is 4.68 Å². The van der Waals surface area contributed by atoms with Crippen molar-refractivity contribution in [3.8, 4) is 0 Å². The van der Waals surface area contributed by atoms with E-state index in [0.29, 0.717) is 19.8 Å². The van der Waals surface area contributed by atoms with Gasteiger partial charge in [-0.3, -0.25) is 4.79 Å². The molecule has 1 aromatic carbocycles. The maximum Gasteiger partial charge on any atom is 0.267 e. The summed E-state index contributed by atoms with van der Waals surface area (Å²) in [7, 11) is 0. The van der Waals surface area contributed by atoms with Crippen molar-refractivity contribution in [2.45, 2.75) is 37.1 Å². The Hall–Kier alpha value is -1.89. The molecule has 2 heterocycles. The molecule has 0 bridgehead atoms. The van der Waals surface area contributed by atoms with Crippen LogP contribution in [0.25, 0.3) is 0 Å². The van der Waals surface area contributed by atoms with Crippen molar-refractivity contribution in [1.82, 2.24) is 9.78 Å². The molecule has 2 aliphatic rings. The van der Waals surface area contributed by atoms with Gasteiger partial charge in [-0.15, -0.1) is 0 Å². The SMILES string of the molecule is NC[C@]1(c2cccc(Cl)c2)CC[C@H](n2nc(N3CCOCC3)ccc2=O)CC1. The molecule has 0 unspecified atom stereocenters. The van der Waals surface area contributed by atoms with Crippen LogP contribution in [0.4, 0.5) is 5.82 Å². The monoisotopic (exact) mass is 402 g/mol. The van der Waals surface area contributed by atoms with Gasteiger partial charge in [0.2, 0.25) is 0 Å². The first-order valence-corrected chi connectivity index (χ1v) is 10.4. The molecule has 0 spiro atoms. The number of anilines is 1. The summed E-state index contributed by atoms with van der Waals surface area (Å²) < 4.78 is 7.10. The summed E-state index contributed by atoms with van der Waals surface area (Å²) in [6, 6.07) is 11.6. The minimum Gasteiger partial charge on any atom is -0.378 e. The second-order valence-corrected chi connectivity index (χ2v) is 8.24. The lowest BCUT2D eigenvalue weighted by Gasteiger charge is -2.40. The van der Waals surface area contributed by atoms with Crippen molar-refractivity contribution >= 4 is 17.4 Å². The van der Waals surface area contributed by atoms with E-state index in [9.17, 15) is 4.79 Å². The van der Waals surface area contributed by atoms with Crippen molar-refractivity contribution < 1.29 is 4.74 Å². The molecule has 0 atom stereocenters. The van der Waals surface area contributed by atoms with Crippen LogP contribution in [0.1, 0.15) is 37.3 Å². The van der Waals surface area contributed by atoms with Gasteiger partial charge < -0.3 is 15.4 Å². The number of rotatable bonds is 4. The van der Waals surface area contributed by atoms with Gasteiger partial charge in [-0.2, -0.15) is 5.10 Å². The number of nitrogens with two attached hydrogens (primary N) is 1. The zero-order valence-electron chi connectivity index (χ0n) is 16.0. The lowest BCUT2D eigenvalue weighted by atomic mass is 9.68. The third-order valence-electron chi connectivity index (χ3n) is 6.23. The zero-order valence-corrected chi connectivity index (χ0v) is 16.8. The van der Waals surface area contributed by atoms with Crippen molar-refractivity contribution in [1.29, 1.82) is 0 Å². The standard InChI is InChI=1S/C21H27ClN4O2/c22-17-3-1-2-16(14-17)21(15-23)8-6-18(7-9-21)26-20(27)5-4-19(24-26)25-10-12-28-13-11-25/h1-5,14,18H,6-13,15,23H2/t18-,21-. The van der Waals surface area contributed by atoms with Crippen molar-refractivity contribution in [2.75, 3.05) is 37.7 Å². The number of hydrogen-bond acceptors (Lipinski definition) is 5. The van der Waals surface area contributed by atoms with E-state index in [2.05, 4.69) is 11.0 Å². The van der Waals surface area contributed by atoms with E-state index < -0.39 is 0 Å². The molecule has 2 aromatic rings. The molecule has 2 N–H and O–H groups in total. The van der Waals surface area contributed by atoms with Crippen LogP contribution in [0.5, 0.6) is 0 Å². The van der Waals surface area contributed by atoms with Crippen LogP contribution in [0, 0.1) is 0 Å². The Labute approximate surface area is 170 Å². The Morgan fingerprint density at radius 1 is 1.18 bits per heavy atom. The van der Waals surface area contributed by atoms with E-state index in [0.717, 1.165) is 49.6 Å². The molecule has 0 radical (unpaired) electrons. The maximum absolute atomic E-state index is 12.5. The van der Waals surface area contributed by atoms with Crippen molar-refractivity contribution in [2.24, 2.45) is 5.73 Å². The Kier molecular flexibility index (Phi) is 5.71. The van der Waals surface area contributed by atoms with E-state index >= 15 is 0 Å². The van der Waals surface area contributed by atoms with Crippen molar-refractivity contribution in [3.05, 3.63) is 57.3 Å². The number of hydrogen-bond donors (Lipinski definition) is 1. The predicted octanol–water partition coefficient (Wildman–Crippen LogP) is 2.75. The summed E-state index contributed by atoms with van der Waals surface area (Å²) in [4.78, 5) is 14.7. The highest BCUT2D eigenvalue weighted by atomic mass is 35.5. The van der Waals surface area contributed by atoms with Gasteiger partial charge in [0.1, 0.15) is 5.82 Å². The Balaban J connectivity index is 1.54. The second-order valence-electron chi connectivity index (χ2n) is 7.80. The molecule has 1 saturated carbocycles. The van der Waals surface area contributed by atoms with Gasteiger partial charge in [-0.1, -0.05) is 23.7 Å². The van der Waals surface area contributed by atoms with Crippen LogP contribution in [-0.2, 0) is 10.2 Å². The summed E-state index contributed by atoms with van der Waals surface area (Å²) in [5.41, 5.74) is 7.29. The summed E-state index contributed by atoms with van der Waals surface area (Å²) in [5.74, 6) is 0.855. The quantitative estimate of drug-likeness (QED) is 0.851. The number of morpholine rings is 1. The molecule has 28 heavy (non-hydrogen) atoms. The van der Waals surface area contributed by atoms with Gasteiger partial charge in [0.15, 0.2) is 0 Å². The van der Waals surface area contributed by atoms with Crippen LogP contribution in [0.3, 0.4) is 0 Å². The normalized spacial score (nSPS) is 25.6. The Morgan fingerprint density at radius 2 is 1.93 bits per heavy atom. The zero-order chi connectivity index (χ0) is 19.6. The molecule has 6 nitrogen and oxygen atoms in total. The van der Waals surface area contributed by atoms with Gasteiger partial charge >= 0.3 is 0 Å². The Bertz CT molecular complexity index is 871. The molecule has 7 heteroatoms. The topological polar surface area (TPSA) is 73.4 Å². The fourth-order valence-corrected chi connectivity index (χ4v) is 4.66. The minimum absolute atomic E-state index is 0.0370.